The monoisotopic (exact) mass is 317 g/mol. The molecule has 0 saturated heterocycles. The summed E-state index contributed by atoms with van der Waals surface area (Å²) in [6.45, 7) is 0. The molecule has 3 rings (SSSR count). The number of oxazole rings is 1. The molecule has 1 heterocycles. The first-order valence-corrected chi connectivity index (χ1v) is 7.06. The molecule has 0 amide bonds. The molecule has 0 aliphatic carbocycles. The number of benzene rings is 2. The summed E-state index contributed by atoms with van der Waals surface area (Å²) in [4.78, 5) is 15.2. The van der Waals surface area contributed by atoms with E-state index in [1.165, 1.54) is 0 Å². The molecule has 0 saturated carbocycles. The van der Waals surface area contributed by atoms with Crippen LogP contribution in [-0.2, 0) is 11.2 Å². The van der Waals surface area contributed by atoms with E-state index in [-0.39, 0.29) is 42.4 Å². The molecule has 23 heavy (non-hydrogen) atoms. The van der Waals surface area contributed by atoms with Gasteiger partial charge in [-0.05, 0) is 0 Å². The number of aliphatic carboxylic acids is 1. The number of hydrogen-bond acceptors (Lipinski definition) is 3. The summed E-state index contributed by atoms with van der Waals surface area (Å²) < 4.78 is 5.83. The number of aryl methyl sites for hydroxylation is 1. The topological polar surface area (TPSA) is 63.3 Å². The second-order valence-corrected chi connectivity index (χ2v) is 4.91. The maximum atomic E-state index is 10.7. The summed E-state index contributed by atoms with van der Waals surface area (Å²) >= 11 is 0. The van der Waals surface area contributed by atoms with E-state index >= 15 is 0 Å². The van der Waals surface area contributed by atoms with Crippen LogP contribution in [0.2, 0.25) is 0 Å². The Hall–Kier alpha value is -1.88. The van der Waals surface area contributed by atoms with Gasteiger partial charge in [-0.2, -0.15) is 0 Å². The molecule has 0 unspecified atom stereocenters. The summed E-state index contributed by atoms with van der Waals surface area (Å²) in [6.07, 6.45) is 0.283. The van der Waals surface area contributed by atoms with Crippen molar-refractivity contribution in [1.82, 2.24) is 4.98 Å². The van der Waals surface area contributed by atoms with Gasteiger partial charge in [-0.15, -0.1) is 0 Å². The van der Waals surface area contributed by atoms with Gasteiger partial charge < -0.3 is 9.52 Å². The molecule has 0 aliphatic heterocycles. The number of aromatic nitrogens is 1. The van der Waals surface area contributed by atoms with Crippen LogP contribution in [0, 0.1) is 0 Å². The van der Waals surface area contributed by atoms with Crippen LogP contribution in [0.25, 0.3) is 22.6 Å². The first-order chi connectivity index (χ1) is 10.7. The Morgan fingerprint density at radius 2 is 1.52 bits per heavy atom. The molecular formula is C18H16NNaO3. The average Bonchev–Trinajstić information content (AvgIpc) is 2.99. The zero-order chi connectivity index (χ0) is 15.4. The van der Waals surface area contributed by atoms with Gasteiger partial charge in [-0.3, -0.25) is 4.79 Å². The van der Waals surface area contributed by atoms with E-state index in [0.717, 1.165) is 16.8 Å². The Bertz CT molecular complexity index is 712. The Balaban J connectivity index is 0.00000192. The Labute approximate surface area is 156 Å². The third kappa shape index (κ3) is 4.32. The molecule has 4 nitrogen and oxygen atoms in total. The summed E-state index contributed by atoms with van der Waals surface area (Å²) in [6, 6.07) is 19.5. The van der Waals surface area contributed by atoms with Gasteiger partial charge in [0, 0.05) is 17.5 Å². The van der Waals surface area contributed by atoms with Gasteiger partial charge in [0.2, 0.25) is 0 Å². The summed E-state index contributed by atoms with van der Waals surface area (Å²) in [7, 11) is 0. The molecule has 1 aromatic heterocycles. The molecule has 5 heteroatoms. The fraction of sp³-hybridized carbons (Fsp3) is 0.111. The van der Waals surface area contributed by atoms with Crippen LogP contribution in [-0.4, -0.2) is 45.6 Å². The Kier molecular flexibility index (Phi) is 6.16. The summed E-state index contributed by atoms with van der Waals surface area (Å²) in [5.74, 6) is 0.257. The zero-order valence-electron chi connectivity index (χ0n) is 11.9. The predicted molar refractivity (Wildman–Crippen MR) is 90.5 cm³/mol. The van der Waals surface area contributed by atoms with Gasteiger partial charge in [-0.25, -0.2) is 4.98 Å². The van der Waals surface area contributed by atoms with Crippen LogP contribution in [0.5, 0.6) is 0 Å². The van der Waals surface area contributed by atoms with Crippen molar-refractivity contribution < 1.29 is 14.3 Å². The quantitative estimate of drug-likeness (QED) is 0.733. The second kappa shape index (κ2) is 8.11. The van der Waals surface area contributed by atoms with Crippen molar-refractivity contribution in [3.63, 3.8) is 0 Å². The SMILES string of the molecule is O=C(O)CCc1nc(-c2ccccc2)c(-c2ccccc2)o1.[NaH]. The van der Waals surface area contributed by atoms with E-state index in [4.69, 9.17) is 9.52 Å². The first-order valence-electron chi connectivity index (χ1n) is 7.06. The fourth-order valence-corrected chi connectivity index (χ4v) is 2.26. The van der Waals surface area contributed by atoms with Gasteiger partial charge in [0.1, 0.15) is 5.69 Å². The second-order valence-electron chi connectivity index (χ2n) is 4.91. The van der Waals surface area contributed by atoms with Crippen LogP contribution < -0.4 is 0 Å². The van der Waals surface area contributed by atoms with Crippen molar-refractivity contribution in [2.45, 2.75) is 12.8 Å². The third-order valence-corrected chi connectivity index (χ3v) is 3.31. The van der Waals surface area contributed by atoms with Gasteiger partial charge in [-0.1, -0.05) is 60.7 Å². The van der Waals surface area contributed by atoms with E-state index in [1.807, 2.05) is 60.7 Å². The predicted octanol–water partition coefficient (Wildman–Crippen LogP) is 3.38. The van der Waals surface area contributed by atoms with Crippen molar-refractivity contribution in [3.8, 4) is 22.6 Å². The third-order valence-electron chi connectivity index (χ3n) is 3.31. The average molecular weight is 317 g/mol. The van der Waals surface area contributed by atoms with E-state index < -0.39 is 5.97 Å². The van der Waals surface area contributed by atoms with Crippen LogP contribution >= 0.6 is 0 Å². The van der Waals surface area contributed by atoms with Crippen LogP contribution in [0.1, 0.15) is 12.3 Å². The molecule has 3 aromatic rings. The normalized spacial score (nSPS) is 10.1. The van der Waals surface area contributed by atoms with Crippen molar-refractivity contribution in [2.24, 2.45) is 0 Å². The molecule has 0 bridgehead atoms. The number of carbonyl (C=O) groups is 1. The number of rotatable bonds is 5. The number of carboxylic acids is 1. The summed E-state index contributed by atoms with van der Waals surface area (Å²) in [5.41, 5.74) is 2.62. The van der Waals surface area contributed by atoms with Crippen LogP contribution in [0.3, 0.4) is 0 Å². The number of hydrogen-bond donors (Lipinski definition) is 1. The number of nitrogens with zero attached hydrogens (tertiary/aromatic N) is 1. The van der Waals surface area contributed by atoms with Crippen molar-refractivity contribution in [3.05, 3.63) is 66.6 Å². The fourth-order valence-electron chi connectivity index (χ4n) is 2.26. The molecular weight excluding hydrogens is 301 g/mol. The Morgan fingerprint density at radius 3 is 2.09 bits per heavy atom. The molecule has 112 valence electrons. The molecule has 0 spiro atoms. The molecule has 0 fully saturated rings. The Morgan fingerprint density at radius 1 is 0.957 bits per heavy atom. The van der Waals surface area contributed by atoms with Crippen molar-refractivity contribution in [1.29, 1.82) is 0 Å². The minimum atomic E-state index is -0.860. The van der Waals surface area contributed by atoms with Crippen LogP contribution in [0.15, 0.2) is 65.1 Å². The molecule has 0 atom stereocenters. The van der Waals surface area contributed by atoms with Crippen LogP contribution in [0.4, 0.5) is 0 Å². The van der Waals surface area contributed by atoms with Gasteiger partial charge in [0.05, 0.1) is 6.42 Å². The standard InChI is InChI=1S/C18H15NO3.Na.H/c20-16(21)12-11-15-19-17(13-7-3-1-4-8-13)18(22-15)14-9-5-2-6-10-14;;/h1-10H,11-12H2,(H,20,21);;. The summed E-state index contributed by atoms with van der Waals surface area (Å²) in [5, 5.41) is 8.82. The maximum absolute atomic E-state index is 10.7. The van der Waals surface area contributed by atoms with E-state index in [0.29, 0.717) is 11.7 Å². The zero-order valence-corrected chi connectivity index (χ0v) is 11.9. The van der Waals surface area contributed by atoms with E-state index in [1.54, 1.807) is 0 Å². The minimum absolute atomic E-state index is 0. The molecule has 0 radical (unpaired) electrons. The van der Waals surface area contributed by atoms with Gasteiger partial charge in [0.25, 0.3) is 0 Å². The van der Waals surface area contributed by atoms with E-state index in [9.17, 15) is 4.79 Å². The molecule has 0 aliphatic rings. The molecule has 2 aromatic carbocycles. The van der Waals surface area contributed by atoms with Crippen molar-refractivity contribution >= 4 is 35.5 Å². The first kappa shape index (κ1) is 17.5. The van der Waals surface area contributed by atoms with Gasteiger partial charge in [0.15, 0.2) is 11.7 Å². The van der Waals surface area contributed by atoms with Crippen molar-refractivity contribution in [2.75, 3.05) is 0 Å². The molecule has 1 N–H and O–H groups in total. The van der Waals surface area contributed by atoms with E-state index in [2.05, 4.69) is 4.98 Å². The number of carboxylic acid groups (broad SMARTS) is 1. The van der Waals surface area contributed by atoms with Gasteiger partial charge >= 0.3 is 35.5 Å².